The van der Waals surface area contributed by atoms with E-state index < -0.39 is 22.7 Å². The van der Waals surface area contributed by atoms with Gasteiger partial charge in [0.25, 0.3) is 0 Å². The Bertz CT molecular complexity index is 473. The fourth-order valence-electron chi connectivity index (χ4n) is 2.01. The highest BCUT2D eigenvalue weighted by atomic mass is 32.2. The highest BCUT2D eigenvalue weighted by Gasteiger charge is 2.25. The van der Waals surface area contributed by atoms with Crippen molar-refractivity contribution in [3.63, 3.8) is 0 Å². The summed E-state index contributed by atoms with van der Waals surface area (Å²) in [6.45, 7) is 1.61. The molecule has 1 heterocycles. The molecule has 1 N–H and O–H groups in total. The maximum atomic E-state index is 12.0. The average Bonchev–Trinajstić information content (AvgIpc) is 2.72. The van der Waals surface area contributed by atoms with E-state index in [1.54, 1.807) is 18.7 Å². The van der Waals surface area contributed by atoms with Gasteiger partial charge in [-0.3, -0.25) is 9.00 Å². The largest absolute Gasteiger partial charge is 0.481 e. The number of fused-ring (bicyclic) bond motifs is 1. The quantitative estimate of drug-likeness (QED) is 0.901. The molecule has 2 rings (SSSR count). The van der Waals surface area contributed by atoms with Crippen LogP contribution in [0.4, 0.5) is 0 Å². The number of rotatable bonds is 5. The Labute approximate surface area is 113 Å². The van der Waals surface area contributed by atoms with Crippen molar-refractivity contribution in [2.45, 2.75) is 17.7 Å². The summed E-state index contributed by atoms with van der Waals surface area (Å²) in [5.74, 6) is 0.667. The van der Waals surface area contributed by atoms with Gasteiger partial charge in [-0.1, -0.05) is 25.1 Å². The molecule has 0 saturated heterocycles. The number of benzene rings is 1. The predicted molar refractivity (Wildman–Crippen MR) is 74.6 cm³/mol. The van der Waals surface area contributed by atoms with Gasteiger partial charge in [0.05, 0.1) is 5.92 Å². The van der Waals surface area contributed by atoms with Crippen molar-refractivity contribution in [2.75, 3.05) is 17.3 Å². The lowest BCUT2D eigenvalue weighted by Crippen LogP contribution is -2.21. The van der Waals surface area contributed by atoms with Gasteiger partial charge in [-0.05, 0) is 11.6 Å². The van der Waals surface area contributed by atoms with Crippen LogP contribution in [0.1, 0.15) is 18.4 Å². The van der Waals surface area contributed by atoms with Gasteiger partial charge in [0.1, 0.15) is 0 Å². The van der Waals surface area contributed by atoms with Crippen molar-refractivity contribution in [1.82, 2.24) is 0 Å². The summed E-state index contributed by atoms with van der Waals surface area (Å²) in [6, 6.07) is 8.18. The van der Waals surface area contributed by atoms with Gasteiger partial charge in [-0.2, -0.15) is 0 Å². The van der Waals surface area contributed by atoms with Gasteiger partial charge >= 0.3 is 5.97 Å². The van der Waals surface area contributed by atoms with E-state index in [-0.39, 0.29) is 5.75 Å². The lowest BCUT2D eigenvalue weighted by atomic mass is 10.0. The summed E-state index contributed by atoms with van der Waals surface area (Å²) in [6.07, 6.45) is 0. The van der Waals surface area contributed by atoms with E-state index in [4.69, 9.17) is 5.11 Å². The third kappa shape index (κ3) is 3.14. The van der Waals surface area contributed by atoms with Crippen molar-refractivity contribution in [2.24, 2.45) is 5.92 Å². The van der Waals surface area contributed by atoms with Crippen LogP contribution >= 0.6 is 11.8 Å². The molecule has 98 valence electrons. The number of hydrogen-bond donors (Lipinski definition) is 1. The smallest absolute Gasteiger partial charge is 0.307 e. The van der Waals surface area contributed by atoms with Crippen molar-refractivity contribution in [3.05, 3.63) is 29.8 Å². The predicted octanol–water partition coefficient (Wildman–Crippen LogP) is 2.35. The molecule has 1 aliphatic heterocycles. The third-order valence-corrected chi connectivity index (χ3v) is 5.94. The molecule has 3 atom stereocenters. The van der Waals surface area contributed by atoms with Crippen molar-refractivity contribution < 1.29 is 14.1 Å². The zero-order valence-corrected chi connectivity index (χ0v) is 11.8. The molecule has 3 nitrogen and oxygen atoms in total. The molecule has 0 aliphatic carbocycles. The monoisotopic (exact) mass is 284 g/mol. The highest BCUT2D eigenvalue weighted by molar-refractivity contribution is 7.99. The summed E-state index contributed by atoms with van der Waals surface area (Å²) < 4.78 is 12.0. The second-order valence-electron chi connectivity index (χ2n) is 4.56. The molecule has 1 aromatic rings. The minimum absolute atomic E-state index is 0.249. The summed E-state index contributed by atoms with van der Waals surface area (Å²) in [4.78, 5) is 12.0. The number of hydrogen-bond acceptors (Lipinski definition) is 3. The van der Waals surface area contributed by atoms with E-state index in [1.807, 2.05) is 12.1 Å². The second-order valence-corrected chi connectivity index (χ2v) is 7.17. The summed E-state index contributed by atoms with van der Waals surface area (Å²) in [7, 11) is -1.06. The van der Waals surface area contributed by atoms with E-state index in [2.05, 4.69) is 12.1 Å². The number of aliphatic carboxylic acids is 1. The zero-order valence-electron chi connectivity index (χ0n) is 10.2. The van der Waals surface area contributed by atoms with E-state index in [0.29, 0.717) is 11.7 Å². The standard InChI is InChI=1S/C13H16O3S2/c1-9(13(14)15)7-18(16)8-10-6-17-12-5-3-2-4-11(10)12/h2-5,9-10H,6-8H2,1H3,(H,14,15). The van der Waals surface area contributed by atoms with Crippen molar-refractivity contribution >= 4 is 28.5 Å². The van der Waals surface area contributed by atoms with Crippen LogP contribution in [0.3, 0.4) is 0 Å². The molecule has 0 saturated carbocycles. The Morgan fingerprint density at radius 1 is 1.56 bits per heavy atom. The Morgan fingerprint density at radius 2 is 2.28 bits per heavy atom. The first kappa shape index (κ1) is 13.6. The Balaban J connectivity index is 1.96. The van der Waals surface area contributed by atoms with Crippen LogP contribution in [0.15, 0.2) is 29.2 Å². The lowest BCUT2D eigenvalue weighted by Gasteiger charge is -2.11. The minimum Gasteiger partial charge on any atom is -0.481 e. The van der Waals surface area contributed by atoms with E-state index in [0.717, 1.165) is 5.75 Å². The van der Waals surface area contributed by atoms with Gasteiger partial charge in [0.2, 0.25) is 0 Å². The molecule has 0 aromatic heterocycles. The molecule has 1 aromatic carbocycles. The molecule has 1 aliphatic rings. The van der Waals surface area contributed by atoms with Crippen LogP contribution in [0, 0.1) is 5.92 Å². The first-order chi connectivity index (χ1) is 8.58. The Hall–Kier alpha value is -0.810. The van der Waals surface area contributed by atoms with Gasteiger partial charge in [0, 0.05) is 38.9 Å². The van der Waals surface area contributed by atoms with Crippen LogP contribution in [-0.2, 0) is 15.6 Å². The maximum Gasteiger partial charge on any atom is 0.307 e. The Kier molecular flexibility index (Phi) is 4.45. The van der Waals surface area contributed by atoms with Crippen LogP contribution in [0.25, 0.3) is 0 Å². The molecule has 5 heteroatoms. The van der Waals surface area contributed by atoms with E-state index in [9.17, 15) is 9.00 Å². The maximum absolute atomic E-state index is 12.0. The summed E-state index contributed by atoms with van der Waals surface area (Å²) in [5.41, 5.74) is 1.26. The van der Waals surface area contributed by atoms with Crippen LogP contribution in [0.2, 0.25) is 0 Å². The number of thioether (sulfide) groups is 1. The minimum atomic E-state index is -1.06. The molecule has 18 heavy (non-hydrogen) atoms. The van der Waals surface area contributed by atoms with E-state index in [1.165, 1.54) is 10.5 Å². The van der Waals surface area contributed by atoms with Gasteiger partial charge < -0.3 is 5.11 Å². The molecule has 3 unspecified atom stereocenters. The van der Waals surface area contributed by atoms with Crippen LogP contribution in [0.5, 0.6) is 0 Å². The molecule has 0 fully saturated rings. The molecule has 0 radical (unpaired) electrons. The molecular formula is C13H16O3S2. The summed E-state index contributed by atoms with van der Waals surface area (Å²) >= 11 is 1.79. The molecular weight excluding hydrogens is 268 g/mol. The summed E-state index contributed by atoms with van der Waals surface area (Å²) in [5, 5.41) is 8.81. The van der Waals surface area contributed by atoms with Crippen LogP contribution in [-0.4, -0.2) is 32.5 Å². The topological polar surface area (TPSA) is 54.4 Å². The average molecular weight is 284 g/mol. The number of carboxylic acid groups (broad SMARTS) is 1. The fraction of sp³-hybridized carbons (Fsp3) is 0.462. The first-order valence-corrected chi connectivity index (χ1v) is 8.34. The SMILES string of the molecule is CC(CS(=O)CC1CSc2ccccc21)C(=O)O. The third-order valence-electron chi connectivity index (χ3n) is 3.04. The number of carbonyl (C=O) groups is 1. The van der Waals surface area contributed by atoms with Gasteiger partial charge in [-0.15, -0.1) is 11.8 Å². The zero-order chi connectivity index (χ0) is 13.1. The van der Waals surface area contributed by atoms with Gasteiger partial charge in [0.15, 0.2) is 0 Å². The first-order valence-electron chi connectivity index (χ1n) is 5.87. The van der Waals surface area contributed by atoms with Crippen LogP contribution < -0.4 is 0 Å². The second kappa shape index (κ2) is 5.89. The number of carboxylic acids is 1. The van der Waals surface area contributed by atoms with E-state index >= 15 is 0 Å². The Morgan fingerprint density at radius 3 is 3.00 bits per heavy atom. The highest BCUT2D eigenvalue weighted by Crippen LogP contribution is 2.39. The molecule has 0 spiro atoms. The van der Waals surface area contributed by atoms with Crippen molar-refractivity contribution in [3.8, 4) is 0 Å². The van der Waals surface area contributed by atoms with Crippen molar-refractivity contribution in [1.29, 1.82) is 0 Å². The lowest BCUT2D eigenvalue weighted by molar-refractivity contribution is -0.140. The molecule has 0 amide bonds. The van der Waals surface area contributed by atoms with Gasteiger partial charge in [-0.25, -0.2) is 0 Å². The molecule has 0 bridgehead atoms. The normalized spacial score (nSPS) is 21.3. The fourth-order valence-corrected chi connectivity index (χ4v) is 5.00.